The monoisotopic (exact) mass is 305 g/mol. The predicted molar refractivity (Wildman–Crippen MR) is 84.6 cm³/mol. The van der Waals surface area contributed by atoms with Crippen LogP contribution in [0.25, 0.3) is 0 Å². The van der Waals surface area contributed by atoms with Crippen LogP contribution in [0.4, 0.5) is 0 Å². The Labute approximate surface area is 127 Å². The molecule has 1 aliphatic carbocycles. The van der Waals surface area contributed by atoms with Crippen LogP contribution < -0.4 is 0 Å². The average molecular weight is 305 g/mol. The molecule has 0 spiro atoms. The van der Waals surface area contributed by atoms with Crippen molar-refractivity contribution in [1.29, 1.82) is 0 Å². The summed E-state index contributed by atoms with van der Waals surface area (Å²) in [6.45, 7) is 5.80. The minimum atomic E-state index is -3.38. The SMILES string of the molecule is C=C[C@@H]1[C@@H](C2CCCCC2)N1S(=O)(=O)c1ccc(C)cc1. The second-order valence-electron chi connectivity index (χ2n) is 6.26. The van der Waals surface area contributed by atoms with Gasteiger partial charge in [0.05, 0.1) is 10.9 Å². The van der Waals surface area contributed by atoms with Gasteiger partial charge < -0.3 is 0 Å². The van der Waals surface area contributed by atoms with Crippen LogP contribution in [0.3, 0.4) is 0 Å². The Bertz CT molecular complexity index is 615. The minimum absolute atomic E-state index is 0.0144. The molecule has 1 saturated carbocycles. The number of benzene rings is 1. The van der Waals surface area contributed by atoms with Gasteiger partial charge in [0.25, 0.3) is 0 Å². The molecule has 0 amide bonds. The highest BCUT2D eigenvalue weighted by molar-refractivity contribution is 7.89. The molecule has 1 aliphatic heterocycles. The molecule has 3 rings (SSSR count). The Morgan fingerprint density at radius 3 is 2.33 bits per heavy atom. The van der Waals surface area contributed by atoms with Gasteiger partial charge in [-0.2, -0.15) is 4.31 Å². The number of aryl methyl sites for hydroxylation is 1. The van der Waals surface area contributed by atoms with E-state index in [2.05, 4.69) is 6.58 Å². The summed E-state index contributed by atoms with van der Waals surface area (Å²) in [6.07, 6.45) is 7.83. The van der Waals surface area contributed by atoms with Crippen molar-refractivity contribution < 1.29 is 8.42 Å². The van der Waals surface area contributed by atoms with E-state index in [0.29, 0.717) is 10.8 Å². The molecule has 2 aliphatic rings. The van der Waals surface area contributed by atoms with Gasteiger partial charge in [-0.3, -0.25) is 0 Å². The van der Waals surface area contributed by atoms with Gasteiger partial charge in [-0.05, 0) is 37.8 Å². The van der Waals surface area contributed by atoms with Crippen LogP contribution in [0.1, 0.15) is 37.7 Å². The molecular formula is C17H23NO2S. The molecule has 1 saturated heterocycles. The predicted octanol–water partition coefficient (Wildman–Crippen LogP) is 3.50. The third-order valence-corrected chi connectivity index (χ3v) is 6.73. The Morgan fingerprint density at radius 1 is 1.14 bits per heavy atom. The first-order valence-electron chi connectivity index (χ1n) is 7.78. The maximum atomic E-state index is 12.8. The van der Waals surface area contributed by atoms with Gasteiger partial charge in [-0.1, -0.05) is 43.0 Å². The van der Waals surface area contributed by atoms with Crippen molar-refractivity contribution in [2.75, 3.05) is 0 Å². The highest BCUT2D eigenvalue weighted by Crippen LogP contribution is 2.45. The van der Waals surface area contributed by atoms with Crippen molar-refractivity contribution in [3.8, 4) is 0 Å². The molecule has 0 aromatic heterocycles. The van der Waals surface area contributed by atoms with Gasteiger partial charge >= 0.3 is 0 Å². The molecule has 1 aromatic rings. The van der Waals surface area contributed by atoms with Gasteiger partial charge in [0.2, 0.25) is 10.0 Å². The average Bonchev–Trinajstić information content (AvgIpc) is 3.24. The summed E-state index contributed by atoms with van der Waals surface area (Å²) < 4.78 is 27.3. The van der Waals surface area contributed by atoms with Crippen LogP contribution in [0.15, 0.2) is 41.8 Å². The van der Waals surface area contributed by atoms with E-state index in [0.717, 1.165) is 18.4 Å². The normalized spacial score (nSPS) is 30.0. The third kappa shape index (κ3) is 2.67. The minimum Gasteiger partial charge on any atom is -0.207 e. The summed E-state index contributed by atoms with van der Waals surface area (Å²) in [5.74, 6) is 0.502. The van der Waals surface area contributed by atoms with E-state index in [-0.39, 0.29) is 12.1 Å². The van der Waals surface area contributed by atoms with E-state index in [1.165, 1.54) is 19.3 Å². The van der Waals surface area contributed by atoms with Crippen LogP contribution in [0, 0.1) is 12.8 Å². The fraction of sp³-hybridized carbons (Fsp3) is 0.529. The smallest absolute Gasteiger partial charge is 0.207 e. The summed E-state index contributed by atoms with van der Waals surface area (Å²) in [5, 5.41) is 0. The summed E-state index contributed by atoms with van der Waals surface area (Å²) in [6, 6.07) is 7.25. The molecule has 1 heterocycles. The number of rotatable bonds is 4. The highest BCUT2D eigenvalue weighted by atomic mass is 32.2. The second-order valence-corrected chi connectivity index (χ2v) is 8.11. The van der Waals surface area contributed by atoms with Crippen LogP contribution in [-0.4, -0.2) is 24.8 Å². The summed E-state index contributed by atoms with van der Waals surface area (Å²) in [5.41, 5.74) is 1.07. The van der Waals surface area contributed by atoms with Crippen molar-refractivity contribution in [2.24, 2.45) is 5.92 Å². The van der Waals surface area contributed by atoms with Crippen molar-refractivity contribution >= 4 is 10.0 Å². The van der Waals surface area contributed by atoms with Crippen LogP contribution in [0.5, 0.6) is 0 Å². The lowest BCUT2D eigenvalue weighted by Crippen LogP contribution is -2.21. The molecule has 2 fully saturated rings. The fourth-order valence-corrected chi connectivity index (χ4v) is 5.42. The third-order valence-electron chi connectivity index (χ3n) is 4.82. The molecule has 0 bridgehead atoms. The summed E-state index contributed by atoms with van der Waals surface area (Å²) >= 11 is 0. The molecule has 4 heteroatoms. The fourth-order valence-electron chi connectivity index (χ4n) is 3.60. The maximum Gasteiger partial charge on any atom is 0.243 e. The largest absolute Gasteiger partial charge is 0.243 e. The van der Waals surface area contributed by atoms with Gasteiger partial charge in [-0.15, -0.1) is 6.58 Å². The Hall–Kier alpha value is -1.13. The Morgan fingerprint density at radius 2 is 1.76 bits per heavy atom. The lowest BCUT2D eigenvalue weighted by molar-refractivity contribution is 0.335. The first-order valence-corrected chi connectivity index (χ1v) is 9.22. The van der Waals surface area contributed by atoms with Gasteiger partial charge in [0, 0.05) is 6.04 Å². The molecule has 1 unspecified atom stereocenters. The number of hydrogen-bond acceptors (Lipinski definition) is 2. The van der Waals surface area contributed by atoms with E-state index in [1.54, 1.807) is 22.5 Å². The molecule has 3 atom stereocenters. The Balaban J connectivity index is 1.84. The van der Waals surface area contributed by atoms with Crippen molar-refractivity contribution in [1.82, 2.24) is 4.31 Å². The molecule has 0 radical (unpaired) electrons. The summed E-state index contributed by atoms with van der Waals surface area (Å²) in [7, 11) is -3.38. The molecule has 1 aromatic carbocycles. The molecule has 114 valence electrons. The van der Waals surface area contributed by atoms with Crippen molar-refractivity contribution in [3.05, 3.63) is 42.5 Å². The Kier molecular flexibility index (Phi) is 3.93. The van der Waals surface area contributed by atoms with E-state index >= 15 is 0 Å². The van der Waals surface area contributed by atoms with Crippen LogP contribution in [-0.2, 0) is 10.0 Å². The lowest BCUT2D eigenvalue weighted by atomic mass is 9.86. The lowest BCUT2D eigenvalue weighted by Gasteiger charge is -2.21. The first-order chi connectivity index (χ1) is 10.1. The molecule has 3 nitrogen and oxygen atoms in total. The van der Waals surface area contributed by atoms with Gasteiger partial charge in [0.15, 0.2) is 0 Å². The van der Waals surface area contributed by atoms with Crippen molar-refractivity contribution in [2.45, 2.75) is 56.0 Å². The van der Waals surface area contributed by atoms with Gasteiger partial charge in [-0.25, -0.2) is 8.42 Å². The standard InChI is InChI=1S/C17H23NO2S/c1-3-16-17(14-7-5-4-6-8-14)18(16)21(19,20)15-11-9-13(2)10-12-15/h3,9-12,14,16-17H,1,4-8H2,2H3/t16-,17-,18?/m1/s1. The summed E-state index contributed by atoms with van der Waals surface area (Å²) in [4.78, 5) is 0.401. The zero-order valence-corrected chi connectivity index (χ0v) is 13.3. The molecular weight excluding hydrogens is 282 g/mol. The molecule has 21 heavy (non-hydrogen) atoms. The second kappa shape index (κ2) is 5.58. The molecule has 0 N–H and O–H groups in total. The quantitative estimate of drug-likeness (QED) is 0.630. The zero-order valence-electron chi connectivity index (χ0n) is 12.5. The van der Waals surface area contributed by atoms with E-state index in [4.69, 9.17) is 0 Å². The topological polar surface area (TPSA) is 37.1 Å². The van der Waals surface area contributed by atoms with Crippen molar-refractivity contribution in [3.63, 3.8) is 0 Å². The first kappa shape index (κ1) is 14.8. The van der Waals surface area contributed by atoms with Gasteiger partial charge in [0.1, 0.15) is 0 Å². The van der Waals surface area contributed by atoms with E-state index < -0.39 is 10.0 Å². The van der Waals surface area contributed by atoms with Crippen LogP contribution in [0.2, 0.25) is 0 Å². The van der Waals surface area contributed by atoms with E-state index in [9.17, 15) is 8.42 Å². The highest BCUT2D eigenvalue weighted by Gasteiger charge is 2.56. The number of hydrogen-bond donors (Lipinski definition) is 0. The van der Waals surface area contributed by atoms with E-state index in [1.807, 2.05) is 19.1 Å². The number of nitrogens with zero attached hydrogens (tertiary/aromatic N) is 1. The zero-order chi connectivity index (χ0) is 15.0. The maximum absolute atomic E-state index is 12.8. The van der Waals surface area contributed by atoms with Crippen LogP contribution >= 0.6 is 0 Å². The number of sulfonamides is 1.